The van der Waals surface area contributed by atoms with E-state index in [9.17, 15) is 13.2 Å². The summed E-state index contributed by atoms with van der Waals surface area (Å²) in [6.45, 7) is 1.63. The number of carbonyl (C=O) groups is 1. The van der Waals surface area contributed by atoms with Crippen molar-refractivity contribution in [2.75, 3.05) is 0 Å². The van der Waals surface area contributed by atoms with Crippen LogP contribution < -0.4 is 4.72 Å². The standard InChI is InChI=1S/C12H12ClN3O4S/c1-7(8-3-2-4-9(13)5-8)16-21(19,20)11-10(12(17)18)6-14-15-11/h2-7,16H,1H3,(H,14,15)(H,17,18). The number of aromatic carboxylic acids is 1. The maximum atomic E-state index is 12.2. The number of aromatic amines is 1. The Kier molecular flexibility index (Phi) is 4.31. The number of sulfonamides is 1. The quantitative estimate of drug-likeness (QED) is 0.774. The Morgan fingerprint density at radius 3 is 2.81 bits per heavy atom. The highest BCUT2D eigenvalue weighted by Gasteiger charge is 2.26. The molecule has 0 aliphatic rings. The first kappa shape index (κ1) is 15.5. The topological polar surface area (TPSA) is 112 Å². The van der Waals surface area contributed by atoms with Crippen LogP contribution >= 0.6 is 11.6 Å². The van der Waals surface area contributed by atoms with Gasteiger partial charge in [0.2, 0.25) is 0 Å². The van der Waals surface area contributed by atoms with Crippen molar-refractivity contribution in [3.8, 4) is 0 Å². The van der Waals surface area contributed by atoms with Crippen molar-refractivity contribution in [2.24, 2.45) is 0 Å². The molecule has 0 spiro atoms. The summed E-state index contributed by atoms with van der Waals surface area (Å²) in [7, 11) is -4.04. The van der Waals surface area contributed by atoms with Crippen LogP contribution in [0.1, 0.15) is 28.9 Å². The summed E-state index contributed by atoms with van der Waals surface area (Å²) in [4.78, 5) is 11.0. The lowest BCUT2D eigenvalue weighted by Crippen LogP contribution is -2.28. The third-order valence-electron chi connectivity index (χ3n) is 2.78. The van der Waals surface area contributed by atoms with E-state index in [0.717, 1.165) is 6.20 Å². The number of aromatic nitrogens is 2. The van der Waals surface area contributed by atoms with E-state index >= 15 is 0 Å². The van der Waals surface area contributed by atoms with Gasteiger partial charge in [-0.15, -0.1) is 0 Å². The van der Waals surface area contributed by atoms with Gasteiger partial charge >= 0.3 is 5.97 Å². The van der Waals surface area contributed by atoms with Gasteiger partial charge in [-0.25, -0.2) is 17.9 Å². The van der Waals surface area contributed by atoms with Crippen LogP contribution in [0.15, 0.2) is 35.5 Å². The lowest BCUT2D eigenvalue weighted by atomic mass is 10.1. The average molecular weight is 330 g/mol. The predicted molar refractivity (Wildman–Crippen MR) is 75.7 cm³/mol. The molecular formula is C12H12ClN3O4S. The van der Waals surface area contributed by atoms with Gasteiger partial charge in [0.15, 0.2) is 5.03 Å². The minimum atomic E-state index is -4.04. The molecule has 1 aromatic carbocycles. The molecule has 0 bridgehead atoms. The van der Waals surface area contributed by atoms with Crippen LogP contribution in [0.2, 0.25) is 5.02 Å². The summed E-state index contributed by atoms with van der Waals surface area (Å²) in [5.74, 6) is -1.38. The molecule has 0 saturated heterocycles. The van der Waals surface area contributed by atoms with E-state index in [-0.39, 0.29) is 0 Å². The molecule has 9 heteroatoms. The van der Waals surface area contributed by atoms with E-state index in [1.54, 1.807) is 31.2 Å². The van der Waals surface area contributed by atoms with Gasteiger partial charge in [-0.2, -0.15) is 5.10 Å². The van der Waals surface area contributed by atoms with Gasteiger partial charge < -0.3 is 5.11 Å². The van der Waals surface area contributed by atoms with Crippen LogP contribution in [-0.2, 0) is 10.0 Å². The summed E-state index contributed by atoms with van der Waals surface area (Å²) in [5, 5.41) is 14.6. The van der Waals surface area contributed by atoms with Gasteiger partial charge in [-0.05, 0) is 24.6 Å². The molecule has 0 saturated carbocycles. The third kappa shape index (κ3) is 3.41. The fraction of sp³-hybridized carbons (Fsp3) is 0.167. The Labute approximate surface area is 126 Å². The minimum Gasteiger partial charge on any atom is -0.478 e. The number of carboxylic acid groups (broad SMARTS) is 1. The largest absolute Gasteiger partial charge is 0.478 e. The molecule has 0 aliphatic carbocycles. The number of halogens is 1. The van der Waals surface area contributed by atoms with E-state index in [1.165, 1.54) is 0 Å². The third-order valence-corrected chi connectivity index (χ3v) is 4.53. The van der Waals surface area contributed by atoms with Crippen LogP contribution in [0.25, 0.3) is 0 Å². The van der Waals surface area contributed by atoms with Crippen LogP contribution in [0.3, 0.4) is 0 Å². The van der Waals surface area contributed by atoms with E-state index in [4.69, 9.17) is 16.7 Å². The molecule has 0 aliphatic heterocycles. The Morgan fingerprint density at radius 1 is 1.48 bits per heavy atom. The Hall–Kier alpha value is -1.90. The second-order valence-electron chi connectivity index (χ2n) is 4.32. The summed E-state index contributed by atoms with van der Waals surface area (Å²) in [5.41, 5.74) is 0.239. The van der Waals surface area contributed by atoms with Crippen molar-refractivity contribution < 1.29 is 18.3 Å². The smallest absolute Gasteiger partial charge is 0.340 e. The molecule has 0 amide bonds. The van der Waals surface area contributed by atoms with Crippen LogP contribution in [-0.4, -0.2) is 29.7 Å². The fourth-order valence-electron chi connectivity index (χ4n) is 1.77. The summed E-state index contributed by atoms with van der Waals surface area (Å²) in [6.07, 6.45) is 0.945. The molecule has 1 atom stereocenters. The Bertz CT molecular complexity index is 772. The summed E-state index contributed by atoms with van der Waals surface area (Å²) < 4.78 is 26.8. The normalized spacial score (nSPS) is 13.0. The van der Waals surface area contributed by atoms with Crippen LogP contribution in [0.5, 0.6) is 0 Å². The zero-order valence-corrected chi connectivity index (χ0v) is 12.4. The number of benzene rings is 1. The van der Waals surface area contributed by atoms with E-state index in [1.807, 2.05) is 0 Å². The average Bonchev–Trinajstić information content (AvgIpc) is 2.88. The number of nitrogens with one attached hydrogen (secondary N) is 2. The van der Waals surface area contributed by atoms with Crippen LogP contribution in [0, 0.1) is 0 Å². The number of H-pyrrole nitrogens is 1. The highest BCUT2D eigenvalue weighted by molar-refractivity contribution is 7.89. The van der Waals surface area contributed by atoms with E-state index < -0.39 is 32.6 Å². The van der Waals surface area contributed by atoms with Gasteiger partial charge in [0.25, 0.3) is 10.0 Å². The van der Waals surface area contributed by atoms with Crippen molar-refractivity contribution in [1.29, 1.82) is 0 Å². The summed E-state index contributed by atoms with van der Waals surface area (Å²) >= 11 is 5.86. The molecule has 3 N–H and O–H groups in total. The van der Waals surface area contributed by atoms with Crippen molar-refractivity contribution in [3.63, 3.8) is 0 Å². The van der Waals surface area contributed by atoms with Gasteiger partial charge in [0.1, 0.15) is 5.56 Å². The van der Waals surface area contributed by atoms with Gasteiger partial charge in [0.05, 0.1) is 6.20 Å². The van der Waals surface area contributed by atoms with E-state index in [2.05, 4.69) is 14.9 Å². The minimum absolute atomic E-state index is 0.416. The first-order valence-corrected chi connectivity index (χ1v) is 7.72. The fourth-order valence-corrected chi connectivity index (χ4v) is 3.29. The highest BCUT2D eigenvalue weighted by Crippen LogP contribution is 2.20. The van der Waals surface area contributed by atoms with Gasteiger partial charge in [-0.3, -0.25) is 5.10 Å². The first-order valence-electron chi connectivity index (χ1n) is 5.85. The molecule has 1 aromatic heterocycles. The number of rotatable bonds is 5. The highest BCUT2D eigenvalue weighted by atomic mass is 35.5. The zero-order valence-electron chi connectivity index (χ0n) is 10.9. The van der Waals surface area contributed by atoms with Crippen molar-refractivity contribution in [3.05, 3.63) is 46.6 Å². The Balaban J connectivity index is 2.29. The molecule has 1 unspecified atom stereocenters. The number of hydrogen-bond donors (Lipinski definition) is 3. The van der Waals surface area contributed by atoms with Crippen molar-refractivity contribution in [2.45, 2.75) is 18.0 Å². The predicted octanol–water partition coefficient (Wildman–Crippen LogP) is 1.80. The molecule has 2 aromatic rings. The summed E-state index contributed by atoms with van der Waals surface area (Å²) in [6, 6.07) is 6.12. The van der Waals surface area contributed by atoms with Crippen molar-refractivity contribution in [1.82, 2.24) is 14.9 Å². The molecule has 7 nitrogen and oxygen atoms in total. The van der Waals surface area contributed by atoms with Gasteiger partial charge in [-0.1, -0.05) is 23.7 Å². The second kappa shape index (κ2) is 5.84. The Morgan fingerprint density at radius 2 is 2.19 bits per heavy atom. The molecular weight excluding hydrogens is 318 g/mol. The first-order chi connectivity index (χ1) is 9.81. The molecule has 1 heterocycles. The SMILES string of the molecule is CC(NS(=O)(=O)c1[nH]ncc1C(=O)O)c1cccc(Cl)c1. The molecule has 2 rings (SSSR count). The van der Waals surface area contributed by atoms with E-state index in [0.29, 0.717) is 10.6 Å². The molecule has 112 valence electrons. The van der Waals surface area contributed by atoms with Gasteiger partial charge in [0, 0.05) is 11.1 Å². The second-order valence-corrected chi connectivity index (χ2v) is 6.40. The monoisotopic (exact) mass is 329 g/mol. The maximum absolute atomic E-state index is 12.2. The number of carboxylic acids is 1. The number of nitrogens with zero attached hydrogens (tertiary/aromatic N) is 1. The van der Waals surface area contributed by atoms with Crippen molar-refractivity contribution >= 4 is 27.6 Å². The lowest BCUT2D eigenvalue weighted by molar-refractivity contribution is 0.0692. The lowest BCUT2D eigenvalue weighted by Gasteiger charge is -2.14. The molecule has 0 radical (unpaired) electrons. The molecule has 0 fully saturated rings. The zero-order chi connectivity index (χ0) is 15.6. The number of hydrogen-bond acceptors (Lipinski definition) is 4. The molecule has 21 heavy (non-hydrogen) atoms. The maximum Gasteiger partial charge on any atom is 0.340 e. The van der Waals surface area contributed by atoms with Crippen LogP contribution in [0.4, 0.5) is 0 Å².